The van der Waals surface area contributed by atoms with Crippen molar-refractivity contribution in [3.8, 4) is 0 Å². The molecule has 0 N–H and O–H groups in total. The zero-order valence-electron chi connectivity index (χ0n) is 27.7. The fraction of sp³-hybridized carbons (Fsp3) is 0.800. The Morgan fingerprint density at radius 3 is 2.23 bits per heavy atom. The zero-order chi connectivity index (χ0) is 31.8. The average molecular weight is 598 g/mol. The van der Waals surface area contributed by atoms with Crippen LogP contribution in [0.2, 0.25) is 0 Å². The summed E-state index contributed by atoms with van der Waals surface area (Å²) in [5, 5.41) is 4.29. The molecule has 0 amide bonds. The van der Waals surface area contributed by atoms with E-state index in [0.717, 1.165) is 57.1 Å². The second-order valence-corrected chi connectivity index (χ2v) is 16.1. The van der Waals surface area contributed by atoms with Crippen LogP contribution >= 0.6 is 0 Å². The first-order chi connectivity index (χ1) is 19.9. The number of carbonyl (C=O) groups is 4. The van der Waals surface area contributed by atoms with Crippen LogP contribution in [0.5, 0.6) is 0 Å². The molecule has 5 aliphatic rings. The molecule has 0 radical (unpaired) electrons. The number of rotatable bonds is 4. The molecular formula is C35H51NO7. The first-order valence-corrected chi connectivity index (χ1v) is 16.1. The highest BCUT2D eigenvalue weighted by Crippen LogP contribution is 2.75. The van der Waals surface area contributed by atoms with Crippen molar-refractivity contribution in [2.75, 3.05) is 13.7 Å². The Morgan fingerprint density at radius 1 is 0.930 bits per heavy atom. The molecule has 0 saturated heterocycles. The van der Waals surface area contributed by atoms with Crippen LogP contribution in [-0.2, 0) is 33.5 Å². The number of hydrogen-bond acceptors (Lipinski definition) is 8. The first kappa shape index (κ1) is 31.9. The zero-order valence-corrected chi connectivity index (χ0v) is 27.7. The smallest absolute Gasteiger partial charge is 0.331 e. The molecule has 0 aromatic rings. The molecule has 0 aromatic carbocycles. The van der Waals surface area contributed by atoms with Crippen molar-refractivity contribution < 1.29 is 33.5 Å². The Balaban J connectivity index is 1.61. The van der Waals surface area contributed by atoms with E-state index < -0.39 is 16.8 Å². The number of oxime groups is 1. The molecule has 8 nitrogen and oxygen atoms in total. The minimum Gasteiger partial charge on any atom is -0.469 e. The average Bonchev–Trinajstić information content (AvgIpc) is 2.92. The Hall–Kier alpha value is -2.51. The molecule has 0 heterocycles. The lowest BCUT2D eigenvalue weighted by molar-refractivity contribution is -0.192. The summed E-state index contributed by atoms with van der Waals surface area (Å²) in [5.74, 6) is -1.13. The second kappa shape index (κ2) is 10.3. The van der Waals surface area contributed by atoms with E-state index in [1.54, 1.807) is 0 Å². The van der Waals surface area contributed by atoms with E-state index in [1.165, 1.54) is 26.5 Å². The van der Waals surface area contributed by atoms with E-state index in [-0.39, 0.29) is 63.7 Å². The quantitative estimate of drug-likeness (QED) is 0.204. The Bertz CT molecular complexity index is 1300. The lowest BCUT2D eigenvalue weighted by Gasteiger charge is -2.69. The van der Waals surface area contributed by atoms with Gasteiger partial charge in [0.15, 0.2) is 5.78 Å². The topological polar surface area (TPSA) is 108 Å². The van der Waals surface area contributed by atoms with Crippen LogP contribution in [0.25, 0.3) is 0 Å². The fourth-order valence-corrected chi connectivity index (χ4v) is 10.9. The van der Waals surface area contributed by atoms with Crippen LogP contribution in [0.1, 0.15) is 113 Å². The summed E-state index contributed by atoms with van der Waals surface area (Å²) in [6.07, 6.45) is 9.12. The number of methoxy groups -OCH3 is 1. The van der Waals surface area contributed by atoms with Gasteiger partial charge in [0.05, 0.1) is 18.2 Å². The van der Waals surface area contributed by atoms with E-state index in [9.17, 15) is 19.2 Å². The van der Waals surface area contributed by atoms with Crippen LogP contribution in [0, 0.1) is 50.2 Å². The number of esters is 2. The molecule has 238 valence electrons. The minimum atomic E-state index is -0.656. The van der Waals surface area contributed by atoms with Gasteiger partial charge in [0, 0.05) is 25.2 Å². The van der Waals surface area contributed by atoms with Crippen LogP contribution < -0.4 is 0 Å². The highest BCUT2D eigenvalue weighted by atomic mass is 16.7. The largest absolute Gasteiger partial charge is 0.469 e. The number of hydrogen-bond donors (Lipinski definition) is 0. The van der Waals surface area contributed by atoms with Crippen LogP contribution in [-0.4, -0.2) is 43.1 Å². The number of allylic oxidation sites excluding steroid dienone is 2. The summed E-state index contributed by atoms with van der Waals surface area (Å²) >= 11 is 0. The standard InChI is InChI=1S/C35H51NO7/c1-21(37)42-20-32(6)25-10-13-33(7)26(31(25,5)12-11-27(32)36-43-22(2)38)18-24(39)28-23-19-30(3,4)14-16-35(23,29(40)41-9)17-15-34(28,33)8/h18,23,25,28H,10-17,19-20H2,1-9H3/b36-27+/t23-,25+,28-,31-,32-,33+,34+,35-/m0/s1. The van der Waals surface area contributed by atoms with Crippen LogP contribution in [0.3, 0.4) is 0 Å². The van der Waals surface area contributed by atoms with E-state index in [2.05, 4.69) is 46.7 Å². The SMILES string of the molecule is COC(=O)[C@]12CCC(C)(C)C[C@H]1[C@H]1C(=O)C=C3[C@@]4(C)CC/C(=N\OC(C)=O)[C@@](C)(COC(C)=O)[C@@H]4CC[C@@]3(C)[C@]1(C)CC2. The third-order valence-corrected chi connectivity index (χ3v) is 13.4. The van der Waals surface area contributed by atoms with E-state index >= 15 is 0 Å². The fourth-order valence-electron chi connectivity index (χ4n) is 10.9. The van der Waals surface area contributed by atoms with Crippen molar-refractivity contribution in [2.24, 2.45) is 55.4 Å². The van der Waals surface area contributed by atoms with Gasteiger partial charge in [-0.05, 0) is 97.4 Å². The lowest BCUT2D eigenvalue weighted by atomic mass is 9.34. The van der Waals surface area contributed by atoms with Gasteiger partial charge in [0.1, 0.15) is 6.61 Å². The van der Waals surface area contributed by atoms with Crippen molar-refractivity contribution in [1.29, 1.82) is 0 Å². The number of fused-ring (bicyclic) bond motifs is 7. The normalized spacial score (nSPS) is 44.1. The molecule has 0 aromatic heterocycles. The van der Waals surface area contributed by atoms with Crippen molar-refractivity contribution >= 4 is 29.4 Å². The third-order valence-electron chi connectivity index (χ3n) is 13.4. The van der Waals surface area contributed by atoms with E-state index in [4.69, 9.17) is 14.3 Å². The van der Waals surface area contributed by atoms with E-state index in [0.29, 0.717) is 6.42 Å². The van der Waals surface area contributed by atoms with Gasteiger partial charge in [-0.3, -0.25) is 14.4 Å². The molecule has 5 aliphatic carbocycles. The predicted octanol–water partition coefficient (Wildman–Crippen LogP) is 6.60. The summed E-state index contributed by atoms with van der Waals surface area (Å²) in [6, 6.07) is 0. The van der Waals surface area contributed by atoms with Crippen LogP contribution in [0.15, 0.2) is 16.8 Å². The highest BCUT2D eigenvalue weighted by molar-refractivity contribution is 5.97. The maximum Gasteiger partial charge on any atom is 0.331 e. The Morgan fingerprint density at radius 2 is 1.60 bits per heavy atom. The van der Waals surface area contributed by atoms with Crippen molar-refractivity contribution in [3.05, 3.63) is 11.6 Å². The van der Waals surface area contributed by atoms with Gasteiger partial charge in [0.2, 0.25) is 0 Å². The molecule has 5 rings (SSSR count). The summed E-state index contributed by atoms with van der Waals surface area (Å²) in [7, 11) is 1.49. The summed E-state index contributed by atoms with van der Waals surface area (Å²) in [4.78, 5) is 56.9. The molecule has 8 heteroatoms. The second-order valence-electron chi connectivity index (χ2n) is 16.1. The minimum absolute atomic E-state index is 0.0287. The van der Waals surface area contributed by atoms with E-state index in [1.807, 2.05) is 6.08 Å². The monoisotopic (exact) mass is 597 g/mol. The summed E-state index contributed by atoms with van der Waals surface area (Å²) < 4.78 is 11.1. The predicted molar refractivity (Wildman–Crippen MR) is 162 cm³/mol. The van der Waals surface area contributed by atoms with Gasteiger partial charge in [0.25, 0.3) is 0 Å². The molecule has 0 bridgehead atoms. The van der Waals surface area contributed by atoms with Gasteiger partial charge in [-0.1, -0.05) is 52.3 Å². The van der Waals surface area contributed by atoms with Gasteiger partial charge >= 0.3 is 17.9 Å². The first-order valence-electron chi connectivity index (χ1n) is 16.1. The van der Waals surface area contributed by atoms with Gasteiger partial charge in [-0.2, -0.15) is 0 Å². The molecule has 0 unspecified atom stereocenters. The summed E-state index contributed by atoms with van der Waals surface area (Å²) in [6.45, 7) is 16.4. The lowest BCUT2D eigenvalue weighted by Crippen LogP contribution is -2.66. The Kier molecular flexibility index (Phi) is 7.62. The van der Waals surface area contributed by atoms with Crippen molar-refractivity contribution in [1.82, 2.24) is 0 Å². The summed E-state index contributed by atoms with van der Waals surface area (Å²) in [5.41, 5.74) is -0.185. The molecule has 0 spiro atoms. The number of ether oxygens (including phenoxy) is 2. The number of ketones is 1. The van der Waals surface area contributed by atoms with Crippen molar-refractivity contribution in [2.45, 2.75) is 113 Å². The van der Waals surface area contributed by atoms with Gasteiger partial charge < -0.3 is 14.3 Å². The van der Waals surface area contributed by atoms with Crippen molar-refractivity contribution in [3.63, 3.8) is 0 Å². The van der Waals surface area contributed by atoms with Gasteiger partial charge in [-0.25, -0.2) is 4.79 Å². The maximum absolute atomic E-state index is 14.6. The molecule has 0 aliphatic heterocycles. The Labute approximate surface area is 256 Å². The highest BCUT2D eigenvalue weighted by Gasteiger charge is 2.71. The maximum atomic E-state index is 14.6. The third kappa shape index (κ3) is 4.55. The molecule has 4 saturated carbocycles. The van der Waals surface area contributed by atoms with Crippen LogP contribution in [0.4, 0.5) is 0 Å². The molecular weight excluding hydrogens is 546 g/mol. The molecule has 4 fully saturated rings. The molecule has 8 atom stereocenters. The van der Waals surface area contributed by atoms with Gasteiger partial charge in [-0.15, -0.1) is 0 Å². The number of nitrogens with zero attached hydrogens (tertiary/aromatic N) is 1. The number of carbonyl (C=O) groups excluding carboxylic acids is 4. The molecule has 43 heavy (non-hydrogen) atoms.